The van der Waals surface area contributed by atoms with Crippen LogP contribution in [0.5, 0.6) is 0 Å². The number of carbonyl (C=O) groups excluding carboxylic acids is 1. The van der Waals surface area contributed by atoms with E-state index in [9.17, 15) is 4.79 Å². The van der Waals surface area contributed by atoms with Crippen molar-refractivity contribution in [2.75, 3.05) is 0 Å². The van der Waals surface area contributed by atoms with Crippen molar-refractivity contribution in [2.45, 2.75) is 0 Å². The SMILES string of the molecule is C[n+]1cccc(C(=O)/C=C/C=C(Cl)Cl)c1.I. The number of pyridine rings is 1. The molecule has 0 aromatic carbocycles. The zero-order chi connectivity index (χ0) is 11.3. The van der Waals surface area contributed by atoms with Gasteiger partial charge < -0.3 is 0 Å². The summed E-state index contributed by atoms with van der Waals surface area (Å²) in [6, 6.07) is 3.56. The third-order valence-corrected chi connectivity index (χ3v) is 1.95. The number of halogens is 3. The highest BCUT2D eigenvalue weighted by Gasteiger charge is 2.04. The van der Waals surface area contributed by atoms with E-state index in [4.69, 9.17) is 23.2 Å². The van der Waals surface area contributed by atoms with Crippen LogP contribution in [-0.2, 0) is 7.05 Å². The van der Waals surface area contributed by atoms with E-state index in [2.05, 4.69) is 0 Å². The largest absolute Gasteiger partial charge is 0.289 e. The zero-order valence-corrected chi connectivity index (χ0v) is 12.4. The van der Waals surface area contributed by atoms with Crippen LogP contribution in [0.25, 0.3) is 0 Å². The van der Waals surface area contributed by atoms with Crippen LogP contribution in [-0.4, -0.2) is 5.78 Å². The summed E-state index contributed by atoms with van der Waals surface area (Å²) < 4.78 is 1.93. The maximum absolute atomic E-state index is 11.6. The second kappa shape index (κ2) is 7.81. The van der Waals surface area contributed by atoms with E-state index in [1.807, 2.05) is 23.9 Å². The molecule has 0 atom stereocenters. The van der Waals surface area contributed by atoms with E-state index in [0.29, 0.717) is 5.56 Å². The molecule has 0 aliphatic heterocycles. The Bertz CT molecular complexity index is 426. The van der Waals surface area contributed by atoms with Crippen molar-refractivity contribution in [1.82, 2.24) is 0 Å². The number of hydrogen-bond donors (Lipinski definition) is 0. The lowest BCUT2D eigenvalue weighted by Crippen LogP contribution is -2.27. The first kappa shape index (κ1) is 15.6. The molecule has 0 aliphatic carbocycles. The van der Waals surface area contributed by atoms with Crippen LogP contribution in [0, 0.1) is 0 Å². The molecule has 0 amide bonds. The number of allylic oxidation sites excluding steroid dienone is 3. The molecule has 0 bridgehead atoms. The normalized spacial score (nSPS) is 9.69. The van der Waals surface area contributed by atoms with Crippen LogP contribution in [0.15, 0.2) is 47.2 Å². The minimum Gasteiger partial charge on any atom is -0.289 e. The Morgan fingerprint density at radius 2 is 2.12 bits per heavy atom. The Labute approximate surface area is 122 Å². The first-order valence-corrected chi connectivity index (χ1v) is 5.04. The van der Waals surface area contributed by atoms with Gasteiger partial charge in [-0.15, -0.1) is 24.0 Å². The van der Waals surface area contributed by atoms with E-state index < -0.39 is 0 Å². The number of carbonyl (C=O) groups is 1. The summed E-state index contributed by atoms with van der Waals surface area (Å²) in [4.78, 5) is 11.6. The highest BCUT2D eigenvalue weighted by molar-refractivity contribution is 14.0. The second-order valence-electron chi connectivity index (χ2n) is 2.94. The summed E-state index contributed by atoms with van der Waals surface area (Å²) in [7, 11) is 1.86. The van der Waals surface area contributed by atoms with Gasteiger partial charge in [-0.1, -0.05) is 29.3 Å². The zero-order valence-electron chi connectivity index (χ0n) is 8.56. The average molecular weight is 371 g/mol. The third kappa shape index (κ3) is 5.63. The number of rotatable bonds is 3. The Kier molecular flexibility index (Phi) is 7.62. The van der Waals surface area contributed by atoms with Crippen LogP contribution in [0.2, 0.25) is 0 Å². The molecular formula is C11H11Cl2INO+. The minimum absolute atomic E-state index is 0. The molecule has 2 nitrogen and oxygen atoms in total. The minimum atomic E-state index is -0.0861. The number of hydrogen-bond acceptors (Lipinski definition) is 1. The first-order chi connectivity index (χ1) is 7.09. The molecular weight excluding hydrogens is 360 g/mol. The summed E-state index contributed by atoms with van der Waals surface area (Å²) in [6.07, 6.45) is 7.99. The molecule has 86 valence electrons. The standard InChI is InChI=1S/C11H10Cl2NO.HI/c1-14-7-3-4-9(8-14)10(15)5-2-6-11(12)13;/h2-8H,1H3;1H/q+1;/b5-2+;. The van der Waals surface area contributed by atoms with Gasteiger partial charge in [0.2, 0.25) is 0 Å². The number of nitrogens with zero attached hydrogens (tertiary/aromatic N) is 1. The third-order valence-electron chi connectivity index (χ3n) is 1.69. The molecule has 1 aromatic rings. The lowest BCUT2D eigenvalue weighted by Gasteiger charge is -1.92. The van der Waals surface area contributed by atoms with Crippen LogP contribution < -0.4 is 4.57 Å². The Morgan fingerprint density at radius 1 is 1.44 bits per heavy atom. The lowest BCUT2D eigenvalue weighted by molar-refractivity contribution is -0.671. The molecule has 0 aliphatic rings. The molecule has 1 aromatic heterocycles. The van der Waals surface area contributed by atoms with Gasteiger partial charge in [0.15, 0.2) is 18.2 Å². The smallest absolute Gasteiger partial charge is 0.191 e. The van der Waals surface area contributed by atoms with Crippen LogP contribution >= 0.6 is 47.2 Å². The molecule has 0 unspecified atom stereocenters. The fourth-order valence-corrected chi connectivity index (χ4v) is 1.18. The van der Waals surface area contributed by atoms with Crippen molar-refractivity contribution in [3.05, 3.63) is 52.8 Å². The molecule has 0 fully saturated rings. The summed E-state index contributed by atoms with van der Waals surface area (Å²) >= 11 is 10.8. The van der Waals surface area contributed by atoms with Gasteiger partial charge in [-0.25, -0.2) is 4.57 Å². The van der Waals surface area contributed by atoms with Crippen molar-refractivity contribution >= 4 is 53.0 Å². The van der Waals surface area contributed by atoms with Gasteiger partial charge in [0.25, 0.3) is 0 Å². The predicted octanol–water partition coefficient (Wildman–Crippen LogP) is 3.19. The van der Waals surface area contributed by atoms with E-state index >= 15 is 0 Å². The molecule has 0 radical (unpaired) electrons. The predicted molar refractivity (Wildman–Crippen MR) is 76.3 cm³/mol. The Hall–Kier alpha value is -0.390. The van der Waals surface area contributed by atoms with Gasteiger partial charge in [0, 0.05) is 6.07 Å². The molecule has 16 heavy (non-hydrogen) atoms. The highest BCUT2D eigenvalue weighted by Crippen LogP contribution is 2.06. The molecule has 1 rings (SSSR count). The molecule has 0 saturated heterocycles. The van der Waals surface area contributed by atoms with Gasteiger partial charge in [0.1, 0.15) is 11.5 Å². The molecule has 0 N–H and O–H groups in total. The fraction of sp³-hybridized carbons (Fsp3) is 0.0909. The van der Waals surface area contributed by atoms with Crippen LogP contribution in [0.3, 0.4) is 0 Å². The molecule has 0 spiro atoms. The first-order valence-electron chi connectivity index (χ1n) is 4.28. The van der Waals surface area contributed by atoms with Crippen molar-refractivity contribution in [1.29, 1.82) is 0 Å². The van der Waals surface area contributed by atoms with E-state index in [1.165, 1.54) is 18.2 Å². The van der Waals surface area contributed by atoms with Crippen molar-refractivity contribution in [3.63, 3.8) is 0 Å². The molecule has 5 heteroatoms. The Balaban J connectivity index is 0.00000225. The van der Waals surface area contributed by atoms with Crippen LogP contribution in [0.4, 0.5) is 0 Å². The Morgan fingerprint density at radius 3 is 2.69 bits per heavy atom. The van der Waals surface area contributed by atoms with Gasteiger partial charge in [-0.2, -0.15) is 0 Å². The highest BCUT2D eigenvalue weighted by atomic mass is 127. The molecule has 1 heterocycles. The van der Waals surface area contributed by atoms with Gasteiger partial charge >= 0.3 is 0 Å². The van der Waals surface area contributed by atoms with Gasteiger partial charge in [-0.3, -0.25) is 4.79 Å². The van der Waals surface area contributed by atoms with Crippen molar-refractivity contribution in [3.8, 4) is 0 Å². The molecule has 0 saturated carbocycles. The average Bonchev–Trinajstić information content (AvgIpc) is 2.17. The lowest BCUT2D eigenvalue weighted by atomic mass is 10.2. The summed E-state index contributed by atoms with van der Waals surface area (Å²) in [5.41, 5.74) is 0.621. The monoisotopic (exact) mass is 370 g/mol. The maximum Gasteiger partial charge on any atom is 0.191 e. The van der Waals surface area contributed by atoms with Gasteiger partial charge in [-0.05, 0) is 18.2 Å². The number of ketones is 1. The van der Waals surface area contributed by atoms with E-state index in [0.717, 1.165) is 0 Å². The second-order valence-corrected chi connectivity index (χ2v) is 3.95. The number of aromatic nitrogens is 1. The number of aryl methyl sites for hydroxylation is 1. The summed E-state index contributed by atoms with van der Waals surface area (Å²) in [5.74, 6) is -0.0861. The van der Waals surface area contributed by atoms with E-state index in [1.54, 1.807) is 12.3 Å². The fourth-order valence-electron chi connectivity index (χ4n) is 1.04. The van der Waals surface area contributed by atoms with Crippen molar-refractivity contribution < 1.29 is 9.36 Å². The summed E-state index contributed by atoms with van der Waals surface area (Å²) in [6.45, 7) is 0. The topological polar surface area (TPSA) is 20.9 Å². The quantitative estimate of drug-likeness (QED) is 0.263. The van der Waals surface area contributed by atoms with Crippen molar-refractivity contribution in [2.24, 2.45) is 7.05 Å². The summed E-state index contributed by atoms with van der Waals surface area (Å²) in [5, 5.41) is 0. The maximum atomic E-state index is 11.6. The van der Waals surface area contributed by atoms with Crippen LogP contribution in [0.1, 0.15) is 10.4 Å². The van der Waals surface area contributed by atoms with E-state index in [-0.39, 0.29) is 34.3 Å². The van der Waals surface area contributed by atoms with Gasteiger partial charge in [0.05, 0.1) is 5.56 Å².